The van der Waals surface area contributed by atoms with Crippen molar-refractivity contribution in [2.45, 2.75) is 0 Å². The van der Waals surface area contributed by atoms with Gasteiger partial charge >= 0.3 is 0 Å². The minimum absolute atomic E-state index is 0.374. The summed E-state index contributed by atoms with van der Waals surface area (Å²) >= 11 is 3.37. The fraction of sp³-hybridized carbons (Fsp3) is 0.167. The SMILES string of the molecule is CNc1ncnc(Oc2ccc(Br)cc2)c1OC. The Labute approximate surface area is 113 Å². The Morgan fingerprint density at radius 2 is 1.89 bits per heavy atom. The van der Waals surface area contributed by atoms with Gasteiger partial charge in [-0.15, -0.1) is 0 Å². The summed E-state index contributed by atoms with van der Waals surface area (Å²) in [7, 11) is 3.31. The first-order valence-electron chi connectivity index (χ1n) is 5.24. The number of rotatable bonds is 4. The Morgan fingerprint density at radius 1 is 1.17 bits per heavy atom. The third kappa shape index (κ3) is 2.70. The summed E-state index contributed by atoms with van der Waals surface area (Å²) in [6.07, 6.45) is 1.42. The van der Waals surface area contributed by atoms with Crippen LogP contribution >= 0.6 is 15.9 Å². The highest BCUT2D eigenvalue weighted by molar-refractivity contribution is 9.10. The highest BCUT2D eigenvalue weighted by Gasteiger charge is 2.13. The largest absolute Gasteiger partial charge is 0.489 e. The van der Waals surface area contributed by atoms with Crippen LogP contribution in [0.4, 0.5) is 5.82 Å². The smallest absolute Gasteiger partial charge is 0.268 e. The molecule has 0 unspecified atom stereocenters. The molecule has 0 fully saturated rings. The number of nitrogens with one attached hydrogen (secondary N) is 1. The number of hydrogen-bond donors (Lipinski definition) is 1. The quantitative estimate of drug-likeness (QED) is 0.940. The molecule has 0 saturated carbocycles. The molecule has 0 saturated heterocycles. The van der Waals surface area contributed by atoms with E-state index in [0.717, 1.165) is 4.47 Å². The van der Waals surface area contributed by atoms with Gasteiger partial charge in [-0.3, -0.25) is 0 Å². The second-order valence-corrected chi connectivity index (χ2v) is 4.28. The molecule has 5 nitrogen and oxygen atoms in total. The van der Waals surface area contributed by atoms with Crippen LogP contribution in [0.25, 0.3) is 0 Å². The normalized spacial score (nSPS) is 9.94. The second kappa shape index (κ2) is 5.68. The molecular formula is C12H12BrN3O2. The standard InChI is InChI=1S/C12H12BrN3O2/c1-14-11-10(17-2)12(16-7-15-11)18-9-5-3-8(13)4-6-9/h3-7H,1-2H3,(H,14,15,16). The van der Waals surface area contributed by atoms with Gasteiger partial charge in [0.15, 0.2) is 5.82 Å². The van der Waals surface area contributed by atoms with Gasteiger partial charge in [0.25, 0.3) is 5.88 Å². The van der Waals surface area contributed by atoms with Crippen molar-refractivity contribution in [3.8, 4) is 17.4 Å². The zero-order chi connectivity index (χ0) is 13.0. The monoisotopic (exact) mass is 309 g/mol. The summed E-state index contributed by atoms with van der Waals surface area (Å²) in [5, 5.41) is 2.92. The maximum absolute atomic E-state index is 5.66. The number of benzene rings is 1. The summed E-state index contributed by atoms with van der Waals surface area (Å²) in [6.45, 7) is 0. The molecule has 0 amide bonds. The summed E-state index contributed by atoms with van der Waals surface area (Å²) in [5.41, 5.74) is 0. The Balaban J connectivity index is 2.31. The summed E-state index contributed by atoms with van der Waals surface area (Å²) in [5.74, 6) is 2.11. The van der Waals surface area contributed by atoms with E-state index in [2.05, 4.69) is 31.2 Å². The lowest BCUT2D eigenvalue weighted by atomic mass is 10.3. The van der Waals surface area contributed by atoms with E-state index < -0.39 is 0 Å². The summed E-state index contributed by atoms with van der Waals surface area (Å²) in [6, 6.07) is 7.46. The van der Waals surface area contributed by atoms with Crippen LogP contribution < -0.4 is 14.8 Å². The predicted octanol–water partition coefficient (Wildman–Crippen LogP) is 3.08. The second-order valence-electron chi connectivity index (χ2n) is 3.37. The Morgan fingerprint density at radius 3 is 2.50 bits per heavy atom. The molecule has 94 valence electrons. The Bertz CT molecular complexity index is 531. The molecule has 18 heavy (non-hydrogen) atoms. The van der Waals surface area contributed by atoms with Crippen molar-refractivity contribution in [2.24, 2.45) is 0 Å². The van der Waals surface area contributed by atoms with Crippen molar-refractivity contribution in [3.63, 3.8) is 0 Å². The van der Waals surface area contributed by atoms with Gasteiger partial charge in [0.2, 0.25) is 5.75 Å². The minimum atomic E-state index is 0.374. The number of halogens is 1. The maximum atomic E-state index is 5.66. The summed E-state index contributed by atoms with van der Waals surface area (Å²) in [4.78, 5) is 8.12. The molecule has 1 heterocycles. The molecule has 6 heteroatoms. The Hall–Kier alpha value is -1.82. The van der Waals surface area contributed by atoms with Crippen molar-refractivity contribution >= 4 is 21.7 Å². The van der Waals surface area contributed by atoms with Crippen molar-refractivity contribution < 1.29 is 9.47 Å². The van der Waals surface area contributed by atoms with E-state index in [1.54, 1.807) is 14.2 Å². The predicted molar refractivity (Wildman–Crippen MR) is 72.3 cm³/mol. The highest BCUT2D eigenvalue weighted by Crippen LogP contribution is 2.33. The van der Waals surface area contributed by atoms with Crippen LogP contribution in [0.15, 0.2) is 35.1 Å². The first-order valence-corrected chi connectivity index (χ1v) is 6.04. The van der Waals surface area contributed by atoms with Gasteiger partial charge in [0, 0.05) is 11.5 Å². The van der Waals surface area contributed by atoms with Crippen LogP contribution in [0.3, 0.4) is 0 Å². The number of anilines is 1. The third-order valence-electron chi connectivity index (χ3n) is 2.24. The van der Waals surface area contributed by atoms with E-state index in [0.29, 0.717) is 23.2 Å². The van der Waals surface area contributed by atoms with Crippen molar-refractivity contribution in [2.75, 3.05) is 19.5 Å². The minimum Gasteiger partial charge on any atom is -0.489 e. The average Bonchev–Trinajstić information content (AvgIpc) is 2.41. The molecule has 0 aliphatic heterocycles. The van der Waals surface area contributed by atoms with Crippen LogP contribution in [0.2, 0.25) is 0 Å². The van der Waals surface area contributed by atoms with Crippen LogP contribution in [0.1, 0.15) is 0 Å². The van der Waals surface area contributed by atoms with Gasteiger partial charge < -0.3 is 14.8 Å². The molecule has 0 spiro atoms. The number of aromatic nitrogens is 2. The van der Waals surface area contributed by atoms with Gasteiger partial charge in [-0.1, -0.05) is 15.9 Å². The number of nitrogens with zero attached hydrogens (tertiary/aromatic N) is 2. The van der Waals surface area contributed by atoms with E-state index >= 15 is 0 Å². The van der Waals surface area contributed by atoms with E-state index in [1.165, 1.54) is 6.33 Å². The zero-order valence-corrected chi connectivity index (χ0v) is 11.6. The Kier molecular flexibility index (Phi) is 3.99. The molecule has 2 rings (SSSR count). The van der Waals surface area contributed by atoms with E-state index in [-0.39, 0.29) is 0 Å². The molecule has 1 aromatic heterocycles. The molecule has 0 bridgehead atoms. The molecule has 1 aromatic carbocycles. The number of ether oxygens (including phenoxy) is 2. The lowest BCUT2D eigenvalue weighted by Crippen LogP contribution is -2.00. The topological polar surface area (TPSA) is 56.3 Å². The molecule has 0 radical (unpaired) electrons. The lowest BCUT2D eigenvalue weighted by molar-refractivity contribution is 0.369. The van der Waals surface area contributed by atoms with Crippen LogP contribution in [-0.4, -0.2) is 24.1 Å². The third-order valence-corrected chi connectivity index (χ3v) is 2.77. The fourth-order valence-corrected chi connectivity index (χ4v) is 1.67. The highest BCUT2D eigenvalue weighted by atomic mass is 79.9. The van der Waals surface area contributed by atoms with Crippen molar-refractivity contribution in [1.82, 2.24) is 9.97 Å². The van der Waals surface area contributed by atoms with Gasteiger partial charge in [-0.05, 0) is 24.3 Å². The number of methoxy groups -OCH3 is 1. The van der Waals surface area contributed by atoms with Crippen molar-refractivity contribution in [3.05, 3.63) is 35.1 Å². The molecule has 2 aromatic rings. The molecule has 0 aliphatic rings. The number of hydrogen-bond acceptors (Lipinski definition) is 5. The molecule has 0 atom stereocenters. The average molecular weight is 310 g/mol. The van der Waals surface area contributed by atoms with Gasteiger partial charge in [0.05, 0.1) is 7.11 Å². The van der Waals surface area contributed by atoms with Gasteiger partial charge in [-0.25, -0.2) is 4.98 Å². The zero-order valence-electron chi connectivity index (χ0n) is 9.98. The van der Waals surface area contributed by atoms with E-state index in [4.69, 9.17) is 9.47 Å². The van der Waals surface area contributed by atoms with Gasteiger partial charge in [0.1, 0.15) is 12.1 Å². The molecule has 0 aliphatic carbocycles. The fourth-order valence-electron chi connectivity index (χ4n) is 1.41. The van der Waals surface area contributed by atoms with E-state index in [1.807, 2.05) is 24.3 Å². The lowest BCUT2D eigenvalue weighted by Gasteiger charge is -2.11. The molecular weight excluding hydrogens is 298 g/mol. The first-order chi connectivity index (χ1) is 8.74. The maximum Gasteiger partial charge on any atom is 0.268 e. The van der Waals surface area contributed by atoms with Crippen molar-refractivity contribution in [1.29, 1.82) is 0 Å². The van der Waals surface area contributed by atoms with Crippen LogP contribution in [0.5, 0.6) is 17.4 Å². The van der Waals surface area contributed by atoms with Crippen LogP contribution in [-0.2, 0) is 0 Å². The molecule has 1 N–H and O–H groups in total. The summed E-state index contributed by atoms with van der Waals surface area (Å²) < 4.78 is 11.9. The van der Waals surface area contributed by atoms with E-state index in [9.17, 15) is 0 Å². The van der Waals surface area contributed by atoms with Crippen LogP contribution in [0, 0.1) is 0 Å². The van der Waals surface area contributed by atoms with Gasteiger partial charge in [-0.2, -0.15) is 4.98 Å². The first kappa shape index (κ1) is 12.6.